The lowest BCUT2D eigenvalue weighted by Crippen LogP contribution is -2.31. The van der Waals surface area contributed by atoms with Gasteiger partial charge in [-0.25, -0.2) is 0 Å². The smallest absolute Gasteiger partial charge is 0.222 e. The summed E-state index contributed by atoms with van der Waals surface area (Å²) < 4.78 is 0. The second kappa shape index (κ2) is 9.57. The molecule has 0 saturated heterocycles. The first-order chi connectivity index (χ1) is 8.99. The first-order valence-corrected chi connectivity index (χ1v) is 6.40. The quantitative estimate of drug-likeness (QED) is 0.312. The third kappa shape index (κ3) is 7.32. The highest BCUT2D eigenvalue weighted by molar-refractivity contribution is 14.0. The molecule has 6 heteroatoms. The maximum atomic E-state index is 11.3. The van der Waals surface area contributed by atoms with Crippen molar-refractivity contribution in [3.8, 4) is 0 Å². The van der Waals surface area contributed by atoms with Gasteiger partial charge in [0.15, 0.2) is 5.96 Å². The third-order valence-corrected chi connectivity index (χ3v) is 2.51. The van der Waals surface area contributed by atoms with Gasteiger partial charge in [-0.2, -0.15) is 0 Å². The fourth-order valence-electron chi connectivity index (χ4n) is 1.47. The molecule has 0 aliphatic heterocycles. The summed E-state index contributed by atoms with van der Waals surface area (Å²) in [7, 11) is 0. The number of halogens is 1. The number of carbonyl (C=O) groups is 1. The van der Waals surface area contributed by atoms with Gasteiger partial charge in [0.25, 0.3) is 0 Å². The van der Waals surface area contributed by atoms with E-state index in [-0.39, 0.29) is 35.8 Å². The van der Waals surface area contributed by atoms with Crippen LogP contribution in [0.3, 0.4) is 0 Å². The zero-order valence-corrected chi connectivity index (χ0v) is 14.5. The zero-order valence-electron chi connectivity index (χ0n) is 12.1. The molecular weight excluding hydrogens is 367 g/mol. The Morgan fingerprint density at radius 3 is 2.70 bits per heavy atom. The number of rotatable bonds is 5. The van der Waals surface area contributed by atoms with E-state index in [2.05, 4.69) is 15.6 Å². The number of carbonyl (C=O) groups excluding carboxylic acids is 1. The van der Waals surface area contributed by atoms with Crippen molar-refractivity contribution in [1.82, 2.24) is 5.32 Å². The molecule has 4 N–H and O–H groups in total. The molecule has 0 aliphatic rings. The lowest BCUT2D eigenvalue weighted by atomic mass is 10.2. The highest BCUT2D eigenvalue weighted by Gasteiger charge is 2.04. The number of nitrogens with zero attached hydrogens (tertiary/aromatic N) is 1. The molecule has 1 aromatic rings. The number of hydrogen-bond donors (Lipinski definition) is 3. The van der Waals surface area contributed by atoms with Gasteiger partial charge < -0.3 is 16.4 Å². The number of hydrogen-bond acceptors (Lipinski definition) is 2. The molecule has 0 heterocycles. The fourth-order valence-corrected chi connectivity index (χ4v) is 1.47. The zero-order chi connectivity index (χ0) is 14.3. The van der Waals surface area contributed by atoms with Crippen LogP contribution in [0.1, 0.15) is 19.4 Å². The van der Waals surface area contributed by atoms with E-state index in [9.17, 15) is 4.79 Å². The van der Waals surface area contributed by atoms with Crippen molar-refractivity contribution in [3.05, 3.63) is 29.8 Å². The van der Waals surface area contributed by atoms with E-state index < -0.39 is 0 Å². The van der Waals surface area contributed by atoms with E-state index in [1.807, 2.05) is 45.0 Å². The molecule has 0 aliphatic carbocycles. The molecule has 20 heavy (non-hydrogen) atoms. The first kappa shape index (κ1) is 18.7. The van der Waals surface area contributed by atoms with Crippen LogP contribution in [0, 0.1) is 12.8 Å². The summed E-state index contributed by atoms with van der Waals surface area (Å²) >= 11 is 0. The predicted molar refractivity (Wildman–Crippen MR) is 94.6 cm³/mol. The Labute approximate surface area is 137 Å². The minimum absolute atomic E-state index is 0. The molecule has 1 aromatic carbocycles. The summed E-state index contributed by atoms with van der Waals surface area (Å²) in [5, 5.41) is 5.79. The normalized spacial score (nSPS) is 10.9. The summed E-state index contributed by atoms with van der Waals surface area (Å²) in [5.41, 5.74) is 7.82. The summed E-state index contributed by atoms with van der Waals surface area (Å²) in [6, 6.07) is 7.88. The van der Waals surface area contributed by atoms with Crippen LogP contribution in [0.4, 0.5) is 5.69 Å². The van der Waals surface area contributed by atoms with Crippen LogP contribution in [0.15, 0.2) is 29.3 Å². The van der Waals surface area contributed by atoms with E-state index in [1.165, 1.54) is 0 Å². The van der Waals surface area contributed by atoms with Gasteiger partial charge in [-0.05, 0) is 24.6 Å². The molecule has 1 rings (SSSR count). The molecule has 0 fully saturated rings. The summed E-state index contributed by atoms with van der Waals surface area (Å²) in [6.45, 7) is 6.68. The number of benzene rings is 1. The standard InChI is InChI=1S/C14H22N4O.HI/c1-10(2)13(19)16-7-8-17-14(15)18-12-6-4-5-11(3)9-12;/h4-6,9-10H,7-8H2,1-3H3,(H,16,19)(H3,15,17,18);1H. The van der Waals surface area contributed by atoms with Crippen LogP contribution in [0.2, 0.25) is 0 Å². The average Bonchev–Trinajstić information content (AvgIpc) is 2.34. The van der Waals surface area contributed by atoms with Gasteiger partial charge in [0, 0.05) is 18.2 Å². The van der Waals surface area contributed by atoms with Crippen molar-refractivity contribution in [2.24, 2.45) is 16.6 Å². The molecule has 0 aromatic heterocycles. The SMILES string of the molecule is Cc1cccc(NC(N)=NCCNC(=O)C(C)C)c1.I. The van der Waals surface area contributed by atoms with Gasteiger partial charge in [0.05, 0.1) is 6.54 Å². The van der Waals surface area contributed by atoms with E-state index in [0.717, 1.165) is 11.3 Å². The van der Waals surface area contributed by atoms with Crippen molar-refractivity contribution >= 4 is 41.5 Å². The van der Waals surface area contributed by atoms with Crippen LogP contribution in [0.25, 0.3) is 0 Å². The topological polar surface area (TPSA) is 79.5 Å². The number of guanidine groups is 1. The molecule has 0 unspecified atom stereocenters. The maximum Gasteiger partial charge on any atom is 0.222 e. The molecular formula is C14H23IN4O. The Balaban J connectivity index is 0.00000361. The van der Waals surface area contributed by atoms with E-state index in [0.29, 0.717) is 19.0 Å². The number of nitrogens with two attached hydrogens (primary N) is 1. The second-order valence-corrected chi connectivity index (χ2v) is 4.71. The van der Waals surface area contributed by atoms with Crippen LogP contribution in [-0.2, 0) is 4.79 Å². The number of aryl methyl sites for hydroxylation is 1. The molecule has 0 saturated carbocycles. The maximum absolute atomic E-state index is 11.3. The summed E-state index contributed by atoms with van der Waals surface area (Å²) in [5.74, 6) is 0.372. The Morgan fingerprint density at radius 1 is 1.40 bits per heavy atom. The number of amides is 1. The van der Waals surface area contributed by atoms with E-state index in [1.54, 1.807) is 0 Å². The van der Waals surface area contributed by atoms with Crippen LogP contribution in [-0.4, -0.2) is 25.0 Å². The average molecular weight is 390 g/mol. The van der Waals surface area contributed by atoms with Crippen molar-refractivity contribution in [1.29, 1.82) is 0 Å². The molecule has 112 valence electrons. The number of nitrogens with one attached hydrogen (secondary N) is 2. The highest BCUT2D eigenvalue weighted by atomic mass is 127. The number of anilines is 1. The Hall–Kier alpha value is -1.31. The van der Waals surface area contributed by atoms with E-state index in [4.69, 9.17) is 5.73 Å². The summed E-state index contributed by atoms with van der Waals surface area (Å²) in [4.78, 5) is 15.5. The largest absolute Gasteiger partial charge is 0.370 e. The highest BCUT2D eigenvalue weighted by Crippen LogP contribution is 2.08. The van der Waals surface area contributed by atoms with Crippen LogP contribution in [0.5, 0.6) is 0 Å². The predicted octanol–water partition coefficient (Wildman–Crippen LogP) is 2.11. The van der Waals surface area contributed by atoms with Crippen molar-refractivity contribution in [3.63, 3.8) is 0 Å². The van der Waals surface area contributed by atoms with Gasteiger partial charge in [0.1, 0.15) is 0 Å². The molecule has 0 spiro atoms. The van der Waals surface area contributed by atoms with Gasteiger partial charge >= 0.3 is 0 Å². The van der Waals surface area contributed by atoms with Gasteiger partial charge in [-0.3, -0.25) is 9.79 Å². The lowest BCUT2D eigenvalue weighted by Gasteiger charge is -2.08. The first-order valence-electron chi connectivity index (χ1n) is 6.40. The van der Waals surface area contributed by atoms with Gasteiger partial charge in [0.2, 0.25) is 5.91 Å². The van der Waals surface area contributed by atoms with Crippen molar-refractivity contribution in [2.75, 3.05) is 18.4 Å². The monoisotopic (exact) mass is 390 g/mol. The molecule has 0 atom stereocenters. The molecule has 0 radical (unpaired) electrons. The molecule has 0 bridgehead atoms. The third-order valence-electron chi connectivity index (χ3n) is 2.51. The van der Waals surface area contributed by atoms with Crippen molar-refractivity contribution in [2.45, 2.75) is 20.8 Å². The van der Waals surface area contributed by atoms with Gasteiger partial charge in [-0.15, -0.1) is 24.0 Å². The van der Waals surface area contributed by atoms with Crippen LogP contribution < -0.4 is 16.4 Å². The molecule has 5 nitrogen and oxygen atoms in total. The summed E-state index contributed by atoms with van der Waals surface area (Å²) in [6.07, 6.45) is 0. The lowest BCUT2D eigenvalue weighted by molar-refractivity contribution is -0.123. The fraction of sp³-hybridized carbons (Fsp3) is 0.429. The van der Waals surface area contributed by atoms with Gasteiger partial charge in [-0.1, -0.05) is 26.0 Å². The van der Waals surface area contributed by atoms with Crippen LogP contribution >= 0.6 is 24.0 Å². The Bertz CT molecular complexity index is 460. The minimum Gasteiger partial charge on any atom is -0.370 e. The molecule has 1 amide bonds. The van der Waals surface area contributed by atoms with E-state index >= 15 is 0 Å². The minimum atomic E-state index is -0.00764. The Morgan fingerprint density at radius 2 is 2.10 bits per heavy atom. The van der Waals surface area contributed by atoms with Crippen molar-refractivity contribution < 1.29 is 4.79 Å². The Kier molecular flexibility index (Phi) is 8.94. The second-order valence-electron chi connectivity index (χ2n) is 4.71. The number of aliphatic imine (C=N–C) groups is 1.